The number of carbonyl (C=O) groups excluding carboxylic acids is 1. The second-order valence-electron chi connectivity index (χ2n) is 5.72. The Bertz CT molecular complexity index is 747. The van der Waals surface area contributed by atoms with E-state index >= 15 is 0 Å². The number of methoxy groups -OCH3 is 1. The van der Waals surface area contributed by atoms with Crippen molar-refractivity contribution in [3.8, 4) is 5.75 Å². The van der Waals surface area contributed by atoms with E-state index < -0.39 is 5.60 Å². The number of nitrogens with one attached hydrogen (secondary N) is 1. The van der Waals surface area contributed by atoms with Gasteiger partial charge in [0.25, 0.3) is 5.91 Å². The summed E-state index contributed by atoms with van der Waals surface area (Å²) in [5.74, 6) is 0.132. The maximum absolute atomic E-state index is 12.4. The van der Waals surface area contributed by atoms with Gasteiger partial charge in [-0.15, -0.1) is 0 Å². The number of benzene rings is 2. The molecular weight excluding hydrogens is 314 g/mol. The molecule has 2 aromatic rings. The summed E-state index contributed by atoms with van der Waals surface area (Å²) in [6, 6.07) is 12.7. The maximum atomic E-state index is 12.4. The topological polar surface area (TPSA) is 58.6 Å². The smallest absolute Gasteiger partial charge is 0.255 e. The summed E-state index contributed by atoms with van der Waals surface area (Å²) in [6.45, 7) is 0.151. The van der Waals surface area contributed by atoms with Crippen molar-refractivity contribution in [2.45, 2.75) is 18.4 Å². The molecule has 0 heterocycles. The van der Waals surface area contributed by atoms with Crippen LogP contribution in [-0.4, -0.2) is 24.7 Å². The van der Waals surface area contributed by atoms with Gasteiger partial charge in [0.15, 0.2) is 0 Å². The Morgan fingerprint density at radius 3 is 2.91 bits per heavy atom. The number of rotatable bonds is 4. The molecule has 3 rings (SSSR count). The van der Waals surface area contributed by atoms with Crippen LogP contribution in [0.5, 0.6) is 5.75 Å². The summed E-state index contributed by atoms with van der Waals surface area (Å²) in [7, 11) is 1.50. The van der Waals surface area contributed by atoms with E-state index in [0.717, 1.165) is 17.5 Å². The minimum atomic E-state index is -1.03. The third kappa shape index (κ3) is 3.05. The number of hydrogen-bond donors (Lipinski definition) is 2. The number of aliphatic hydroxyl groups is 1. The summed E-state index contributed by atoms with van der Waals surface area (Å²) in [5, 5.41) is 14.1. The quantitative estimate of drug-likeness (QED) is 0.905. The lowest BCUT2D eigenvalue weighted by atomic mass is 9.96. The second kappa shape index (κ2) is 6.22. The molecular formula is C18H18ClNO3. The van der Waals surface area contributed by atoms with E-state index in [0.29, 0.717) is 22.8 Å². The fraction of sp³-hybridized carbons (Fsp3) is 0.278. The SMILES string of the molecule is COc1ccc(Cl)cc1C(=O)NCC1(O)CCc2ccccc21. The summed E-state index contributed by atoms with van der Waals surface area (Å²) in [5.41, 5.74) is 1.34. The van der Waals surface area contributed by atoms with Gasteiger partial charge in [0, 0.05) is 5.02 Å². The van der Waals surface area contributed by atoms with Crippen molar-refractivity contribution in [2.75, 3.05) is 13.7 Å². The highest BCUT2D eigenvalue weighted by atomic mass is 35.5. The first kappa shape index (κ1) is 15.8. The van der Waals surface area contributed by atoms with Crippen LogP contribution in [0, 0.1) is 0 Å². The van der Waals surface area contributed by atoms with E-state index in [-0.39, 0.29) is 12.5 Å². The Morgan fingerprint density at radius 2 is 2.13 bits per heavy atom. The van der Waals surface area contributed by atoms with Crippen molar-refractivity contribution >= 4 is 17.5 Å². The zero-order valence-corrected chi connectivity index (χ0v) is 13.6. The molecule has 0 aliphatic heterocycles. The molecule has 1 amide bonds. The van der Waals surface area contributed by atoms with Crippen LogP contribution < -0.4 is 10.1 Å². The number of hydrogen-bond acceptors (Lipinski definition) is 3. The van der Waals surface area contributed by atoms with E-state index in [4.69, 9.17) is 16.3 Å². The molecule has 1 aliphatic carbocycles. The predicted octanol–water partition coefficient (Wildman–Crippen LogP) is 2.91. The van der Waals surface area contributed by atoms with Gasteiger partial charge in [-0.1, -0.05) is 35.9 Å². The van der Waals surface area contributed by atoms with Gasteiger partial charge in [-0.05, 0) is 42.2 Å². The molecule has 1 aliphatic rings. The summed E-state index contributed by atoms with van der Waals surface area (Å²) >= 11 is 5.95. The molecule has 0 aromatic heterocycles. The zero-order valence-electron chi connectivity index (χ0n) is 12.8. The van der Waals surface area contributed by atoms with E-state index in [9.17, 15) is 9.90 Å². The molecule has 2 aromatic carbocycles. The van der Waals surface area contributed by atoms with Gasteiger partial charge in [0.05, 0.1) is 19.2 Å². The maximum Gasteiger partial charge on any atom is 0.255 e. The van der Waals surface area contributed by atoms with Crippen LogP contribution in [0.4, 0.5) is 0 Å². The molecule has 0 fully saturated rings. The van der Waals surface area contributed by atoms with E-state index in [1.54, 1.807) is 18.2 Å². The summed E-state index contributed by atoms with van der Waals surface area (Å²) < 4.78 is 5.19. The highest BCUT2D eigenvalue weighted by Gasteiger charge is 2.36. The number of amides is 1. The van der Waals surface area contributed by atoms with Crippen molar-refractivity contribution in [1.82, 2.24) is 5.32 Å². The minimum Gasteiger partial charge on any atom is -0.496 e. The molecule has 120 valence electrons. The number of fused-ring (bicyclic) bond motifs is 1. The Balaban J connectivity index is 1.77. The highest BCUT2D eigenvalue weighted by molar-refractivity contribution is 6.31. The normalized spacial score (nSPS) is 19.3. The van der Waals surface area contributed by atoms with Crippen LogP contribution in [0.1, 0.15) is 27.9 Å². The Morgan fingerprint density at radius 1 is 1.35 bits per heavy atom. The Hall–Kier alpha value is -2.04. The summed E-state index contributed by atoms with van der Waals surface area (Å²) in [4.78, 5) is 12.4. The first-order chi connectivity index (χ1) is 11.0. The van der Waals surface area contributed by atoms with E-state index in [1.165, 1.54) is 7.11 Å². The van der Waals surface area contributed by atoms with Gasteiger partial charge in [-0.2, -0.15) is 0 Å². The average Bonchev–Trinajstić information content (AvgIpc) is 2.91. The molecule has 0 saturated heterocycles. The number of halogens is 1. The van der Waals surface area contributed by atoms with Gasteiger partial charge in [-0.3, -0.25) is 4.79 Å². The molecule has 23 heavy (non-hydrogen) atoms. The fourth-order valence-electron chi connectivity index (χ4n) is 3.03. The Labute approximate surface area is 140 Å². The molecule has 1 atom stereocenters. The van der Waals surface area contributed by atoms with Gasteiger partial charge < -0.3 is 15.2 Å². The monoisotopic (exact) mass is 331 g/mol. The third-order valence-corrected chi connectivity index (χ3v) is 4.51. The van der Waals surface area contributed by atoms with Crippen LogP contribution >= 0.6 is 11.6 Å². The van der Waals surface area contributed by atoms with Crippen molar-refractivity contribution < 1.29 is 14.6 Å². The molecule has 4 nitrogen and oxygen atoms in total. The number of aryl methyl sites for hydroxylation is 1. The average molecular weight is 332 g/mol. The zero-order chi connectivity index (χ0) is 16.4. The van der Waals surface area contributed by atoms with Gasteiger partial charge in [0.2, 0.25) is 0 Å². The Kier molecular flexibility index (Phi) is 4.28. The van der Waals surface area contributed by atoms with Crippen molar-refractivity contribution in [2.24, 2.45) is 0 Å². The first-order valence-corrected chi connectivity index (χ1v) is 7.84. The molecule has 2 N–H and O–H groups in total. The predicted molar refractivity (Wildman–Crippen MR) is 89.0 cm³/mol. The lowest BCUT2D eigenvalue weighted by molar-refractivity contribution is 0.0369. The van der Waals surface area contributed by atoms with Crippen molar-refractivity contribution in [3.05, 3.63) is 64.2 Å². The van der Waals surface area contributed by atoms with Crippen LogP contribution in [-0.2, 0) is 12.0 Å². The molecule has 0 saturated carbocycles. The standard InChI is InChI=1S/C18H18ClNO3/c1-23-16-7-6-13(19)10-14(16)17(21)20-11-18(22)9-8-12-4-2-3-5-15(12)18/h2-7,10,22H,8-9,11H2,1H3,(H,20,21). The molecule has 0 radical (unpaired) electrons. The fourth-order valence-corrected chi connectivity index (χ4v) is 3.20. The largest absolute Gasteiger partial charge is 0.496 e. The van der Waals surface area contributed by atoms with Gasteiger partial charge in [0.1, 0.15) is 11.4 Å². The minimum absolute atomic E-state index is 0.151. The molecule has 1 unspecified atom stereocenters. The molecule has 0 bridgehead atoms. The lowest BCUT2D eigenvalue weighted by Crippen LogP contribution is -2.39. The van der Waals surface area contributed by atoms with Crippen molar-refractivity contribution in [3.63, 3.8) is 0 Å². The van der Waals surface area contributed by atoms with Crippen molar-refractivity contribution in [1.29, 1.82) is 0 Å². The highest BCUT2D eigenvalue weighted by Crippen LogP contribution is 2.36. The molecule has 5 heteroatoms. The number of carbonyl (C=O) groups is 1. The first-order valence-electron chi connectivity index (χ1n) is 7.46. The lowest BCUT2D eigenvalue weighted by Gasteiger charge is -2.24. The van der Waals surface area contributed by atoms with Crippen LogP contribution in [0.15, 0.2) is 42.5 Å². The van der Waals surface area contributed by atoms with Crippen LogP contribution in [0.3, 0.4) is 0 Å². The van der Waals surface area contributed by atoms with E-state index in [2.05, 4.69) is 5.32 Å². The second-order valence-corrected chi connectivity index (χ2v) is 6.15. The van der Waals surface area contributed by atoms with Gasteiger partial charge >= 0.3 is 0 Å². The van der Waals surface area contributed by atoms with E-state index in [1.807, 2.05) is 24.3 Å². The number of ether oxygens (including phenoxy) is 1. The van der Waals surface area contributed by atoms with Crippen LogP contribution in [0.25, 0.3) is 0 Å². The van der Waals surface area contributed by atoms with Crippen LogP contribution in [0.2, 0.25) is 5.02 Å². The third-order valence-electron chi connectivity index (χ3n) is 4.27. The summed E-state index contributed by atoms with van der Waals surface area (Å²) in [6.07, 6.45) is 1.41. The van der Waals surface area contributed by atoms with Gasteiger partial charge in [-0.25, -0.2) is 0 Å². The molecule has 0 spiro atoms.